The van der Waals surface area contributed by atoms with Crippen LogP contribution in [0.25, 0.3) is 6.08 Å². The van der Waals surface area contributed by atoms with Crippen molar-refractivity contribution in [2.24, 2.45) is 0 Å². The van der Waals surface area contributed by atoms with Crippen LogP contribution in [0.1, 0.15) is 28.5 Å². The highest BCUT2D eigenvalue weighted by Gasteiger charge is 2.10. The van der Waals surface area contributed by atoms with E-state index in [9.17, 15) is 13.6 Å². The summed E-state index contributed by atoms with van der Waals surface area (Å²) in [6.45, 7) is 1.65. The van der Waals surface area contributed by atoms with E-state index in [1.807, 2.05) is 13.8 Å². The van der Waals surface area contributed by atoms with Crippen molar-refractivity contribution in [1.82, 2.24) is 9.78 Å². The van der Waals surface area contributed by atoms with Crippen LogP contribution in [0.15, 0.2) is 36.5 Å². The van der Waals surface area contributed by atoms with Crippen LogP contribution in [-0.4, -0.2) is 22.2 Å². The molecule has 0 aliphatic heterocycles. The van der Waals surface area contributed by atoms with Gasteiger partial charge in [0.25, 0.3) is 0 Å². The Bertz CT molecular complexity index is 676. The number of aromatic nitrogens is 2. The fraction of sp³-hybridized carbons (Fsp3) is 0.250. The lowest BCUT2D eigenvalue weighted by Gasteiger charge is -2.03. The first-order valence-corrected chi connectivity index (χ1v) is 6.81. The van der Waals surface area contributed by atoms with Crippen molar-refractivity contribution in [3.05, 3.63) is 53.4 Å². The van der Waals surface area contributed by atoms with Gasteiger partial charge in [-0.25, -0.2) is 0 Å². The molecule has 1 aromatic carbocycles. The maximum absolute atomic E-state index is 12.1. The van der Waals surface area contributed by atoms with Crippen LogP contribution in [0, 0.1) is 6.92 Å². The molecular weight excluding hydrogens is 290 g/mol. The van der Waals surface area contributed by atoms with Crippen LogP contribution >= 0.6 is 0 Å². The number of alkyl halides is 2. The van der Waals surface area contributed by atoms with Gasteiger partial charge >= 0.3 is 6.61 Å². The molecule has 0 aliphatic carbocycles. The molecular formula is C16H16F2N2O2. The molecule has 2 aromatic rings. The van der Waals surface area contributed by atoms with Crippen molar-refractivity contribution in [3.63, 3.8) is 0 Å². The number of ketones is 1. The van der Waals surface area contributed by atoms with E-state index in [-0.39, 0.29) is 11.5 Å². The van der Waals surface area contributed by atoms with Gasteiger partial charge in [-0.05, 0) is 37.6 Å². The Hall–Kier alpha value is -2.50. The van der Waals surface area contributed by atoms with E-state index in [0.717, 1.165) is 11.3 Å². The second-order valence-corrected chi connectivity index (χ2v) is 4.60. The van der Waals surface area contributed by atoms with Gasteiger partial charge in [0.2, 0.25) is 0 Å². The molecule has 0 atom stereocenters. The number of aryl methyl sites for hydroxylation is 1. The number of halogens is 2. The number of carbonyl (C=O) groups excluding carboxylic acids is 1. The van der Waals surface area contributed by atoms with Gasteiger partial charge in [-0.1, -0.05) is 18.2 Å². The summed E-state index contributed by atoms with van der Waals surface area (Å²) >= 11 is 0. The molecule has 116 valence electrons. The predicted molar refractivity (Wildman–Crippen MR) is 79.1 cm³/mol. The molecule has 6 heteroatoms. The lowest BCUT2D eigenvalue weighted by molar-refractivity contribution is -0.0498. The number of allylic oxidation sites excluding steroid dienone is 1. The molecule has 0 fully saturated rings. The number of benzene rings is 1. The van der Waals surface area contributed by atoms with Gasteiger partial charge in [-0.3, -0.25) is 9.48 Å². The molecule has 0 saturated heterocycles. The highest BCUT2D eigenvalue weighted by atomic mass is 19.3. The lowest BCUT2D eigenvalue weighted by atomic mass is 10.1. The van der Waals surface area contributed by atoms with Crippen molar-refractivity contribution in [2.75, 3.05) is 0 Å². The smallest absolute Gasteiger partial charge is 0.387 e. The molecule has 0 saturated carbocycles. The van der Waals surface area contributed by atoms with Crippen LogP contribution in [0.3, 0.4) is 0 Å². The highest BCUT2D eigenvalue weighted by molar-refractivity contribution is 6.07. The lowest BCUT2D eigenvalue weighted by Crippen LogP contribution is -2.02. The zero-order valence-corrected chi connectivity index (χ0v) is 12.3. The maximum Gasteiger partial charge on any atom is 0.387 e. The normalized spacial score (nSPS) is 11.3. The van der Waals surface area contributed by atoms with Crippen LogP contribution in [0.5, 0.6) is 5.75 Å². The van der Waals surface area contributed by atoms with Crippen molar-refractivity contribution >= 4 is 11.9 Å². The summed E-state index contributed by atoms with van der Waals surface area (Å²) < 4.78 is 30.1. The number of hydrogen-bond donors (Lipinski definition) is 0. The first-order valence-electron chi connectivity index (χ1n) is 6.81. The standard InChI is InChI=1S/C16H16F2N2O2/c1-3-20-11(2)14(10-19-20)15(21)9-6-12-4-7-13(8-5-12)22-16(17)18/h4-10,16H,3H2,1-2H3/b9-6+. The summed E-state index contributed by atoms with van der Waals surface area (Å²) in [6, 6.07) is 6.06. The van der Waals surface area contributed by atoms with Crippen LogP contribution in [0.2, 0.25) is 0 Å². The fourth-order valence-electron chi connectivity index (χ4n) is 2.03. The molecule has 2 rings (SSSR count). The zero-order valence-electron chi connectivity index (χ0n) is 12.3. The van der Waals surface area contributed by atoms with Gasteiger partial charge in [-0.15, -0.1) is 0 Å². The van der Waals surface area contributed by atoms with Gasteiger partial charge in [0.15, 0.2) is 5.78 Å². The van der Waals surface area contributed by atoms with E-state index in [1.165, 1.54) is 18.2 Å². The largest absolute Gasteiger partial charge is 0.435 e. The molecule has 4 nitrogen and oxygen atoms in total. The molecule has 0 radical (unpaired) electrons. The summed E-state index contributed by atoms with van der Waals surface area (Å²) in [5.41, 5.74) is 2.09. The van der Waals surface area contributed by atoms with Crippen molar-refractivity contribution < 1.29 is 18.3 Å². The van der Waals surface area contributed by atoms with Gasteiger partial charge < -0.3 is 4.74 Å². The number of hydrogen-bond acceptors (Lipinski definition) is 3. The fourth-order valence-corrected chi connectivity index (χ4v) is 2.03. The first-order chi connectivity index (χ1) is 10.5. The molecule has 0 bridgehead atoms. The summed E-state index contributed by atoms with van der Waals surface area (Å²) in [4.78, 5) is 12.1. The molecule has 0 amide bonds. The Labute approximate surface area is 127 Å². The molecule has 0 aliphatic rings. The van der Waals surface area contributed by atoms with E-state index in [0.29, 0.717) is 12.1 Å². The summed E-state index contributed by atoms with van der Waals surface area (Å²) in [5.74, 6) is -0.0661. The number of nitrogens with zero attached hydrogens (tertiary/aromatic N) is 2. The SMILES string of the molecule is CCn1ncc(C(=O)/C=C/c2ccc(OC(F)F)cc2)c1C. The Balaban J connectivity index is 2.07. The average molecular weight is 306 g/mol. The van der Waals surface area contributed by atoms with Gasteiger partial charge in [0.05, 0.1) is 11.8 Å². The summed E-state index contributed by atoms with van der Waals surface area (Å²) in [5, 5.41) is 4.12. The number of ether oxygens (including phenoxy) is 1. The van der Waals surface area contributed by atoms with E-state index in [2.05, 4.69) is 9.84 Å². The molecule has 0 spiro atoms. The molecule has 1 heterocycles. The second-order valence-electron chi connectivity index (χ2n) is 4.60. The third-order valence-electron chi connectivity index (χ3n) is 3.20. The van der Waals surface area contributed by atoms with Gasteiger partial charge in [0, 0.05) is 12.2 Å². The molecule has 22 heavy (non-hydrogen) atoms. The first kappa shape index (κ1) is 15.9. The van der Waals surface area contributed by atoms with Gasteiger partial charge in [0.1, 0.15) is 5.75 Å². The average Bonchev–Trinajstić information content (AvgIpc) is 2.86. The van der Waals surface area contributed by atoms with E-state index >= 15 is 0 Å². The maximum atomic E-state index is 12.1. The number of carbonyl (C=O) groups is 1. The molecule has 0 unspecified atom stereocenters. The van der Waals surface area contributed by atoms with Crippen molar-refractivity contribution in [2.45, 2.75) is 27.0 Å². The highest BCUT2D eigenvalue weighted by Crippen LogP contribution is 2.16. The quantitative estimate of drug-likeness (QED) is 0.603. The topological polar surface area (TPSA) is 44.1 Å². The minimum Gasteiger partial charge on any atom is -0.435 e. The molecule has 1 aromatic heterocycles. The number of rotatable bonds is 6. The monoisotopic (exact) mass is 306 g/mol. The van der Waals surface area contributed by atoms with Crippen molar-refractivity contribution in [3.8, 4) is 5.75 Å². The second kappa shape index (κ2) is 6.98. The van der Waals surface area contributed by atoms with E-state index in [4.69, 9.17) is 0 Å². The third kappa shape index (κ3) is 3.78. The zero-order chi connectivity index (χ0) is 16.1. The van der Waals surface area contributed by atoms with Gasteiger partial charge in [-0.2, -0.15) is 13.9 Å². The van der Waals surface area contributed by atoms with Crippen LogP contribution in [-0.2, 0) is 6.54 Å². The third-order valence-corrected chi connectivity index (χ3v) is 3.20. The Kier molecular flexibility index (Phi) is 5.04. The van der Waals surface area contributed by atoms with E-state index in [1.54, 1.807) is 29.1 Å². The minimum absolute atomic E-state index is 0.0820. The Morgan fingerprint density at radius 2 is 2.05 bits per heavy atom. The molecule has 0 N–H and O–H groups in total. The van der Waals surface area contributed by atoms with E-state index < -0.39 is 6.61 Å². The summed E-state index contributed by atoms with van der Waals surface area (Å²) in [6.07, 6.45) is 4.61. The predicted octanol–water partition coefficient (Wildman–Crippen LogP) is 3.71. The van der Waals surface area contributed by atoms with Crippen LogP contribution < -0.4 is 4.74 Å². The van der Waals surface area contributed by atoms with Crippen LogP contribution in [0.4, 0.5) is 8.78 Å². The van der Waals surface area contributed by atoms with Crippen molar-refractivity contribution in [1.29, 1.82) is 0 Å². The summed E-state index contributed by atoms with van der Waals surface area (Å²) in [7, 11) is 0. The Morgan fingerprint density at radius 1 is 1.36 bits per heavy atom. The minimum atomic E-state index is -2.85. The Morgan fingerprint density at radius 3 is 2.59 bits per heavy atom.